The van der Waals surface area contributed by atoms with Crippen LogP contribution in [0.3, 0.4) is 0 Å². The van der Waals surface area contributed by atoms with Crippen molar-refractivity contribution in [1.29, 1.82) is 0 Å². The molecule has 3 N–H and O–H groups in total. The highest BCUT2D eigenvalue weighted by atomic mass is 16.5. The third kappa shape index (κ3) is 4.54. The minimum Gasteiger partial charge on any atom is -0.484 e. The first-order chi connectivity index (χ1) is 9.28. The highest BCUT2D eigenvalue weighted by Gasteiger charge is 2.16. The summed E-state index contributed by atoms with van der Waals surface area (Å²) in [6, 6.07) is 7.42. The third-order valence-electron chi connectivity index (χ3n) is 3.14. The van der Waals surface area contributed by atoms with E-state index in [2.05, 4.69) is 5.32 Å². The Labute approximate surface area is 113 Å². The van der Waals surface area contributed by atoms with Gasteiger partial charge in [-0.05, 0) is 24.1 Å². The first-order valence-electron chi connectivity index (χ1n) is 6.54. The van der Waals surface area contributed by atoms with Crippen LogP contribution >= 0.6 is 0 Å². The summed E-state index contributed by atoms with van der Waals surface area (Å²) in [5.41, 5.74) is 6.55. The van der Waals surface area contributed by atoms with E-state index in [1.165, 1.54) is 0 Å². The SMILES string of the molecule is NCc1ccc(OCC(=O)NCC2CCOC2)cc1. The third-order valence-corrected chi connectivity index (χ3v) is 3.14. The molecule has 0 aliphatic carbocycles. The molecule has 1 heterocycles. The number of ether oxygens (including phenoxy) is 2. The lowest BCUT2D eigenvalue weighted by molar-refractivity contribution is -0.123. The van der Waals surface area contributed by atoms with E-state index in [-0.39, 0.29) is 12.5 Å². The molecule has 1 atom stereocenters. The standard InChI is InChI=1S/C14H20N2O3/c15-7-11-1-3-13(4-2-11)19-10-14(17)16-8-12-5-6-18-9-12/h1-4,12H,5-10,15H2,(H,16,17). The fourth-order valence-electron chi connectivity index (χ4n) is 1.92. The van der Waals surface area contributed by atoms with Crippen molar-refractivity contribution < 1.29 is 14.3 Å². The zero-order chi connectivity index (χ0) is 13.5. The van der Waals surface area contributed by atoms with E-state index in [1.54, 1.807) is 0 Å². The van der Waals surface area contributed by atoms with E-state index in [4.69, 9.17) is 15.2 Å². The maximum Gasteiger partial charge on any atom is 0.257 e. The summed E-state index contributed by atoms with van der Waals surface area (Å²) in [4.78, 5) is 11.6. The Kier molecular flexibility index (Phi) is 5.18. The molecule has 1 aromatic carbocycles. The number of benzene rings is 1. The average molecular weight is 264 g/mol. The van der Waals surface area contributed by atoms with Crippen molar-refractivity contribution in [3.63, 3.8) is 0 Å². The molecule has 104 valence electrons. The van der Waals surface area contributed by atoms with E-state index in [1.807, 2.05) is 24.3 Å². The highest BCUT2D eigenvalue weighted by Crippen LogP contribution is 2.12. The molecular formula is C14H20N2O3. The van der Waals surface area contributed by atoms with E-state index >= 15 is 0 Å². The minimum absolute atomic E-state index is 0.0373. The molecule has 1 unspecified atom stereocenters. The van der Waals surface area contributed by atoms with Gasteiger partial charge >= 0.3 is 0 Å². The van der Waals surface area contributed by atoms with Gasteiger partial charge in [-0.15, -0.1) is 0 Å². The molecule has 5 nitrogen and oxygen atoms in total. The van der Waals surface area contributed by atoms with E-state index < -0.39 is 0 Å². The first kappa shape index (κ1) is 13.8. The summed E-state index contributed by atoms with van der Waals surface area (Å²) in [7, 11) is 0. The van der Waals surface area contributed by atoms with Gasteiger partial charge in [0, 0.05) is 25.6 Å². The van der Waals surface area contributed by atoms with Gasteiger partial charge in [-0.25, -0.2) is 0 Å². The number of nitrogens with two attached hydrogens (primary N) is 1. The summed E-state index contributed by atoms with van der Waals surface area (Å²) < 4.78 is 10.6. The van der Waals surface area contributed by atoms with Crippen molar-refractivity contribution in [2.45, 2.75) is 13.0 Å². The second-order valence-corrected chi connectivity index (χ2v) is 4.67. The fraction of sp³-hybridized carbons (Fsp3) is 0.500. The van der Waals surface area contributed by atoms with Crippen molar-refractivity contribution in [2.24, 2.45) is 11.7 Å². The van der Waals surface area contributed by atoms with Crippen LogP contribution in [0.5, 0.6) is 5.75 Å². The zero-order valence-corrected chi connectivity index (χ0v) is 10.9. The second-order valence-electron chi connectivity index (χ2n) is 4.67. The lowest BCUT2D eigenvalue weighted by atomic mass is 10.1. The molecule has 19 heavy (non-hydrogen) atoms. The predicted octanol–water partition coefficient (Wildman–Crippen LogP) is 0.677. The molecule has 5 heteroatoms. The van der Waals surface area contributed by atoms with E-state index in [9.17, 15) is 4.79 Å². The molecule has 1 aliphatic heterocycles. The molecule has 1 aromatic rings. The van der Waals surface area contributed by atoms with Crippen LogP contribution in [0.2, 0.25) is 0 Å². The summed E-state index contributed by atoms with van der Waals surface area (Å²) >= 11 is 0. The minimum atomic E-state index is -0.102. The van der Waals surface area contributed by atoms with Gasteiger partial charge in [-0.1, -0.05) is 12.1 Å². The molecule has 2 rings (SSSR count). The Morgan fingerprint density at radius 3 is 2.84 bits per heavy atom. The lowest BCUT2D eigenvalue weighted by Crippen LogP contribution is -2.33. The Bertz CT molecular complexity index is 400. The molecular weight excluding hydrogens is 244 g/mol. The number of hydrogen-bond donors (Lipinski definition) is 2. The van der Waals surface area contributed by atoms with Crippen LogP contribution in [0.25, 0.3) is 0 Å². The number of carbonyl (C=O) groups is 1. The molecule has 1 amide bonds. The van der Waals surface area contributed by atoms with E-state index in [0.717, 1.165) is 25.2 Å². The predicted molar refractivity (Wildman–Crippen MR) is 71.8 cm³/mol. The smallest absolute Gasteiger partial charge is 0.257 e. The Balaban J connectivity index is 1.67. The molecule has 0 aromatic heterocycles. The van der Waals surface area contributed by atoms with Gasteiger partial charge in [0.25, 0.3) is 5.91 Å². The normalized spacial score (nSPS) is 18.3. The average Bonchev–Trinajstić information content (AvgIpc) is 2.96. The van der Waals surface area contributed by atoms with Crippen LogP contribution in [0.1, 0.15) is 12.0 Å². The molecule has 0 saturated carbocycles. The first-order valence-corrected chi connectivity index (χ1v) is 6.54. The van der Waals surface area contributed by atoms with Gasteiger partial charge in [0.05, 0.1) is 6.61 Å². The van der Waals surface area contributed by atoms with Crippen molar-refractivity contribution in [2.75, 3.05) is 26.4 Å². The highest BCUT2D eigenvalue weighted by molar-refractivity contribution is 5.77. The Morgan fingerprint density at radius 1 is 1.42 bits per heavy atom. The van der Waals surface area contributed by atoms with Gasteiger partial charge in [0.2, 0.25) is 0 Å². The molecule has 0 spiro atoms. The molecule has 0 bridgehead atoms. The van der Waals surface area contributed by atoms with Crippen LogP contribution in [-0.4, -0.2) is 32.3 Å². The van der Waals surface area contributed by atoms with Crippen molar-refractivity contribution >= 4 is 5.91 Å². The van der Waals surface area contributed by atoms with Crippen molar-refractivity contribution in [3.8, 4) is 5.75 Å². The fourth-order valence-corrected chi connectivity index (χ4v) is 1.92. The number of hydrogen-bond acceptors (Lipinski definition) is 4. The van der Waals surface area contributed by atoms with Crippen LogP contribution in [-0.2, 0) is 16.1 Å². The van der Waals surface area contributed by atoms with E-state index in [0.29, 0.717) is 24.8 Å². The van der Waals surface area contributed by atoms with Crippen molar-refractivity contribution in [3.05, 3.63) is 29.8 Å². The van der Waals surface area contributed by atoms with Crippen LogP contribution in [0, 0.1) is 5.92 Å². The summed E-state index contributed by atoms with van der Waals surface area (Å²) in [6.07, 6.45) is 1.02. The Hall–Kier alpha value is -1.59. The van der Waals surface area contributed by atoms with Crippen LogP contribution in [0.4, 0.5) is 0 Å². The largest absolute Gasteiger partial charge is 0.484 e. The number of rotatable bonds is 6. The lowest BCUT2D eigenvalue weighted by Gasteiger charge is -2.10. The monoisotopic (exact) mass is 264 g/mol. The zero-order valence-electron chi connectivity index (χ0n) is 10.9. The summed E-state index contributed by atoms with van der Waals surface area (Å²) in [5, 5.41) is 2.85. The van der Waals surface area contributed by atoms with Gasteiger partial charge in [-0.2, -0.15) is 0 Å². The van der Waals surface area contributed by atoms with Gasteiger partial charge in [-0.3, -0.25) is 4.79 Å². The van der Waals surface area contributed by atoms with Gasteiger partial charge in [0.1, 0.15) is 5.75 Å². The molecule has 1 fully saturated rings. The maximum absolute atomic E-state index is 11.6. The second kappa shape index (κ2) is 7.11. The topological polar surface area (TPSA) is 73.6 Å². The maximum atomic E-state index is 11.6. The Morgan fingerprint density at radius 2 is 2.21 bits per heavy atom. The molecule has 1 aliphatic rings. The molecule has 0 radical (unpaired) electrons. The number of carbonyl (C=O) groups excluding carboxylic acids is 1. The van der Waals surface area contributed by atoms with Gasteiger partial charge < -0.3 is 20.5 Å². The van der Waals surface area contributed by atoms with Crippen LogP contribution < -0.4 is 15.8 Å². The van der Waals surface area contributed by atoms with Crippen molar-refractivity contribution in [1.82, 2.24) is 5.32 Å². The number of amides is 1. The number of nitrogens with one attached hydrogen (secondary N) is 1. The summed E-state index contributed by atoms with van der Waals surface area (Å²) in [6.45, 7) is 2.74. The quantitative estimate of drug-likeness (QED) is 0.792. The molecule has 1 saturated heterocycles. The van der Waals surface area contributed by atoms with Gasteiger partial charge in [0.15, 0.2) is 6.61 Å². The van der Waals surface area contributed by atoms with Crippen LogP contribution in [0.15, 0.2) is 24.3 Å². The summed E-state index contributed by atoms with van der Waals surface area (Å²) in [5.74, 6) is 1.01.